The summed E-state index contributed by atoms with van der Waals surface area (Å²) in [5, 5.41) is 0.718. The highest BCUT2D eigenvalue weighted by atomic mass is 32.2. The molecule has 2 heterocycles. The molecule has 0 radical (unpaired) electrons. The highest BCUT2D eigenvalue weighted by Crippen LogP contribution is 2.30. The van der Waals surface area contributed by atoms with Gasteiger partial charge in [-0.15, -0.1) is 5.06 Å². The molecule has 0 aromatic heterocycles. The van der Waals surface area contributed by atoms with Gasteiger partial charge in [0, 0.05) is 38.7 Å². The van der Waals surface area contributed by atoms with Gasteiger partial charge < -0.3 is 18.6 Å². The number of sulfonamides is 1. The number of hydrogen-bond acceptors (Lipinski definition) is 11. The molecule has 3 aromatic rings. The number of aryl methyl sites for hydroxylation is 1. The van der Waals surface area contributed by atoms with Crippen LogP contribution < -0.4 is 8.92 Å². The van der Waals surface area contributed by atoms with Crippen molar-refractivity contribution in [2.75, 3.05) is 46.0 Å². The minimum Gasteiger partial charge on any atom is -0.493 e. The summed E-state index contributed by atoms with van der Waals surface area (Å²) in [6, 6.07) is 16.0. The van der Waals surface area contributed by atoms with Gasteiger partial charge in [0.05, 0.1) is 30.9 Å². The van der Waals surface area contributed by atoms with E-state index in [9.17, 15) is 31.2 Å². The van der Waals surface area contributed by atoms with Crippen LogP contribution in [0.5, 0.6) is 11.5 Å². The summed E-state index contributed by atoms with van der Waals surface area (Å²) in [4.78, 5) is 42.7. The van der Waals surface area contributed by atoms with Crippen LogP contribution in [0, 0.1) is 6.92 Å². The maximum atomic E-state index is 13.6. The summed E-state index contributed by atoms with van der Waals surface area (Å²) in [6.45, 7) is 3.75. The molecule has 1 fully saturated rings. The third kappa shape index (κ3) is 7.40. The van der Waals surface area contributed by atoms with E-state index in [-0.39, 0.29) is 75.0 Å². The summed E-state index contributed by atoms with van der Waals surface area (Å²) in [7, 11) is -8.92. The van der Waals surface area contributed by atoms with Gasteiger partial charge in [0.25, 0.3) is 11.8 Å². The molecule has 16 heteroatoms. The second kappa shape index (κ2) is 14.1. The van der Waals surface area contributed by atoms with Crippen LogP contribution in [0.1, 0.15) is 39.6 Å². The topological polar surface area (TPSA) is 166 Å². The average Bonchev–Trinajstić information content (AvgIpc) is 3.29. The van der Waals surface area contributed by atoms with Crippen LogP contribution in [-0.2, 0) is 29.7 Å². The molecule has 5 rings (SSSR count). The monoisotopic (exact) mass is 687 g/mol. The standard InChI is InChI=1S/C31H33N3O11S2/c1-3-42-31(37)32-13-15-33(16-14-32)46(38,39)27-11-6-7-12-28(27)47(40,41)45-24-20-22(2)19-23(21-24)43-17-8-18-44-34-29(35)25-9-4-5-10-26(25)30(34)36/h4-7,9-12,19-21H,3,8,13-18H2,1-2H3. The number of carbonyl (C=O) groups excluding carboxylic acids is 3. The van der Waals surface area contributed by atoms with Gasteiger partial charge in [0.15, 0.2) is 0 Å². The van der Waals surface area contributed by atoms with Crippen molar-refractivity contribution in [1.29, 1.82) is 0 Å². The van der Waals surface area contributed by atoms with Crippen molar-refractivity contribution in [2.24, 2.45) is 0 Å². The quantitative estimate of drug-likeness (QED) is 0.156. The molecule has 0 unspecified atom stereocenters. The largest absolute Gasteiger partial charge is 0.493 e. The second-order valence-electron chi connectivity index (χ2n) is 10.5. The number of benzene rings is 3. The Labute approximate surface area is 272 Å². The molecule has 0 atom stereocenters. The van der Waals surface area contributed by atoms with Crippen LogP contribution in [0.15, 0.2) is 76.5 Å². The molecule has 0 aliphatic carbocycles. The Morgan fingerprint density at radius 2 is 1.38 bits per heavy atom. The first kappa shape index (κ1) is 33.8. The van der Waals surface area contributed by atoms with Crippen molar-refractivity contribution in [2.45, 2.75) is 30.1 Å². The molecule has 47 heavy (non-hydrogen) atoms. The number of piperazine rings is 1. The summed E-state index contributed by atoms with van der Waals surface area (Å²) in [6.07, 6.45) is -0.257. The van der Waals surface area contributed by atoms with E-state index < -0.39 is 47.8 Å². The van der Waals surface area contributed by atoms with Crippen molar-refractivity contribution in [1.82, 2.24) is 14.3 Å². The van der Waals surface area contributed by atoms with Crippen molar-refractivity contribution in [3.63, 3.8) is 0 Å². The van der Waals surface area contributed by atoms with Gasteiger partial charge in [-0.2, -0.15) is 12.7 Å². The van der Waals surface area contributed by atoms with E-state index in [4.69, 9.17) is 18.5 Å². The molecular formula is C31H33N3O11S2. The SMILES string of the molecule is CCOC(=O)N1CCN(S(=O)(=O)c2ccccc2S(=O)(=O)Oc2cc(C)cc(OCCCON3C(=O)c4ccccc4C3=O)c2)CC1. The molecular weight excluding hydrogens is 654 g/mol. The predicted octanol–water partition coefficient (Wildman–Crippen LogP) is 3.22. The van der Waals surface area contributed by atoms with E-state index in [0.717, 1.165) is 15.4 Å². The number of ether oxygens (including phenoxy) is 2. The van der Waals surface area contributed by atoms with Crippen LogP contribution in [-0.4, -0.2) is 95.0 Å². The number of nitrogens with zero attached hydrogens (tertiary/aromatic N) is 3. The van der Waals surface area contributed by atoms with E-state index in [1.807, 2.05) is 0 Å². The Morgan fingerprint density at radius 3 is 2.02 bits per heavy atom. The van der Waals surface area contributed by atoms with Crippen molar-refractivity contribution < 1.29 is 49.7 Å². The van der Waals surface area contributed by atoms with Crippen molar-refractivity contribution in [3.8, 4) is 11.5 Å². The molecule has 0 bridgehead atoms. The summed E-state index contributed by atoms with van der Waals surface area (Å²) in [5.41, 5.74) is 1.14. The van der Waals surface area contributed by atoms with Gasteiger partial charge in [-0.25, -0.2) is 13.2 Å². The molecule has 1 saturated heterocycles. The first-order chi connectivity index (χ1) is 22.4. The van der Waals surface area contributed by atoms with Gasteiger partial charge in [0.1, 0.15) is 21.3 Å². The number of hydroxylamine groups is 2. The minimum absolute atomic E-state index is 0.00183. The van der Waals surface area contributed by atoms with Gasteiger partial charge in [0.2, 0.25) is 10.0 Å². The van der Waals surface area contributed by atoms with Crippen LogP contribution in [0.2, 0.25) is 0 Å². The van der Waals surface area contributed by atoms with Gasteiger partial charge >= 0.3 is 16.2 Å². The average molecular weight is 688 g/mol. The Balaban J connectivity index is 1.21. The number of hydrogen-bond donors (Lipinski definition) is 0. The number of fused-ring (bicyclic) bond motifs is 1. The molecule has 2 aliphatic heterocycles. The zero-order valence-corrected chi connectivity index (χ0v) is 27.3. The maximum absolute atomic E-state index is 13.6. The molecule has 0 saturated carbocycles. The number of amides is 3. The molecule has 14 nitrogen and oxygen atoms in total. The highest BCUT2D eigenvalue weighted by Gasteiger charge is 2.37. The molecule has 3 amide bonds. The van der Waals surface area contributed by atoms with E-state index in [2.05, 4.69) is 0 Å². The van der Waals surface area contributed by atoms with Crippen LogP contribution in [0.25, 0.3) is 0 Å². The fourth-order valence-corrected chi connectivity index (χ4v) is 8.16. The lowest BCUT2D eigenvalue weighted by atomic mass is 10.1. The zero-order valence-electron chi connectivity index (χ0n) is 25.7. The summed E-state index contributed by atoms with van der Waals surface area (Å²) < 4.78 is 71.3. The number of carbonyl (C=O) groups is 3. The fourth-order valence-electron chi connectivity index (χ4n) is 5.04. The fraction of sp³-hybridized carbons (Fsp3) is 0.323. The smallest absolute Gasteiger partial charge is 0.409 e. The molecule has 3 aromatic carbocycles. The summed E-state index contributed by atoms with van der Waals surface area (Å²) in [5.74, 6) is -0.910. The third-order valence-electron chi connectivity index (χ3n) is 7.27. The van der Waals surface area contributed by atoms with Crippen LogP contribution in [0.4, 0.5) is 4.79 Å². The van der Waals surface area contributed by atoms with Crippen molar-refractivity contribution >= 4 is 38.0 Å². The van der Waals surface area contributed by atoms with E-state index in [1.165, 1.54) is 35.2 Å². The number of rotatable bonds is 12. The molecule has 250 valence electrons. The van der Waals surface area contributed by atoms with Gasteiger partial charge in [-0.05, 0) is 55.8 Å². The van der Waals surface area contributed by atoms with Crippen LogP contribution in [0.3, 0.4) is 0 Å². The number of imide groups is 1. The Kier molecular flexibility index (Phi) is 10.1. The highest BCUT2D eigenvalue weighted by molar-refractivity contribution is 7.91. The van der Waals surface area contributed by atoms with E-state index in [0.29, 0.717) is 5.56 Å². The lowest BCUT2D eigenvalue weighted by Crippen LogP contribution is -2.50. The second-order valence-corrected chi connectivity index (χ2v) is 14.0. The first-order valence-electron chi connectivity index (χ1n) is 14.7. The van der Waals surface area contributed by atoms with E-state index >= 15 is 0 Å². The zero-order chi connectivity index (χ0) is 33.8. The molecule has 2 aliphatic rings. The molecule has 0 N–H and O–H groups in total. The van der Waals surface area contributed by atoms with Crippen LogP contribution >= 0.6 is 0 Å². The third-order valence-corrected chi connectivity index (χ3v) is 10.7. The van der Waals surface area contributed by atoms with Gasteiger partial charge in [-0.1, -0.05) is 24.3 Å². The predicted molar refractivity (Wildman–Crippen MR) is 166 cm³/mol. The Bertz CT molecular complexity index is 1850. The Hall–Kier alpha value is -4.51. The van der Waals surface area contributed by atoms with E-state index in [1.54, 1.807) is 44.2 Å². The lowest BCUT2D eigenvalue weighted by molar-refractivity contribution is -0.0935. The first-order valence-corrected chi connectivity index (χ1v) is 17.6. The van der Waals surface area contributed by atoms with Crippen molar-refractivity contribution in [3.05, 3.63) is 83.4 Å². The Morgan fingerprint density at radius 1 is 0.787 bits per heavy atom. The lowest BCUT2D eigenvalue weighted by Gasteiger charge is -2.33. The molecule has 0 spiro atoms. The normalized spacial score (nSPS) is 15.4. The summed E-state index contributed by atoms with van der Waals surface area (Å²) >= 11 is 0. The minimum atomic E-state index is -4.64. The van der Waals surface area contributed by atoms with Gasteiger partial charge in [-0.3, -0.25) is 14.4 Å². The maximum Gasteiger partial charge on any atom is 0.409 e.